The first-order valence-corrected chi connectivity index (χ1v) is 11.0. The Balaban J connectivity index is 1.79. The van der Waals surface area contributed by atoms with E-state index >= 15 is 0 Å². The summed E-state index contributed by atoms with van der Waals surface area (Å²) in [6.07, 6.45) is 0. The van der Waals surface area contributed by atoms with Crippen LogP contribution in [-0.4, -0.2) is 25.5 Å². The molecule has 0 aliphatic heterocycles. The molecule has 1 heterocycles. The highest BCUT2D eigenvalue weighted by Crippen LogP contribution is 2.28. The number of nitrogens with zero attached hydrogens (tertiary/aromatic N) is 2. The van der Waals surface area contributed by atoms with Crippen LogP contribution in [0.1, 0.15) is 5.69 Å². The van der Waals surface area contributed by atoms with Gasteiger partial charge in [0.25, 0.3) is 0 Å². The van der Waals surface area contributed by atoms with Gasteiger partial charge >= 0.3 is 0 Å². The van der Waals surface area contributed by atoms with E-state index in [2.05, 4.69) is 15.3 Å². The fraction of sp³-hybridized carbons (Fsp3) is 0.0909. The predicted octanol–water partition coefficient (Wildman–Crippen LogP) is 3.52. The first kappa shape index (κ1) is 20.4. The van der Waals surface area contributed by atoms with Gasteiger partial charge in [-0.3, -0.25) is 0 Å². The van der Waals surface area contributed by atoms with Crippen molar-refractivity contribution in [3.63, 3.8) is 0 Å². The number of benzene rings is 3. The molecule has 1 aromatic heterocycles. The number of fused-ring (bicyclic) bond motifs is 1. The topological polar surface area (TPSA) is 133 Å². The van der Waals surface area contributed by atoms with Crippen LogP contribution in [-0.2, 0) is 15.6 Å². The summed E-state index contributed by atoms with van der Waals surface area (Å²) in [7, 11) is -2.17. The molecule has 4 aromatic rings. The number of anilines is 4. The molecule has 0 aliphatic carbocycles. The van der Waals surface area contributed by atoms with E-state index in [4.69, 9.17) is 16.2 Å². The summed E-state index contributed by atoms with van der Waals surface area (Å²) in [5, 5.41) is 3.14. The summed E-state index contributed by atoms with van der Waals surface area (Å²) in [4.78, 5) is 9.30. The van der Waals surface area contributed by atoms with E-state index in [-0.39, 0.29) is 16.3 Å². The summed E-state index contributed by atoms with van der Waals surface area (Å²) >= 11 is 0. The first-order chi connectivity index (χ1) is 14.8. The molecule has 0 saturated heterocycles. The molecule has 0 amide bonds. The summed E-state index contributed by atoms with van der Waals surface area (Å²) in [6.45, 7) is 0. The van der Waals surface area contributed by atoms with Crippen molar-refractivity contribution in [2.45, 2.75) is 10.6 Å². The molecule has 0 spiro atoms. The number of ether oxygens (including phenoxy) is 1. The van der Waals surface area contributed by atoms with Crippen LogP contribution in [0.5, 0.6) is 5.75 Å². The lowest BCUT2D eigenvalue weighted by molar-refractivity contribution is 0.415. The Labute approximate surface area is 179 Å². The highest BCUT2D eigenvalue weighted by atomic mass is 32.2. The van der Waals surface area contributed by atoms with E-state index in [1.807, 2.05) is 18.2 Å². The van der Waals surface area contributed by atoms with Crippen molar-refractivity contribution in [1.29, 1.82) is 0 Å². The highest BCUT2D eigenvalue weighted by molar-refractivity contribution is 7.90. The Morgan fingerprint density at radius 3 is 2.35 bits per heavy atom. The van der Waals surface area contributed by atoms with Gasteiger partial charge in [0.1, 0.15) is 11.5 Å². The molecule has 0 fully saturated rings. The van der Waals surface area contributed by atoms with Crippen molar-refractivity contribution in [2.24, 2.45) is 0 Å². The maximum absolute atomic E-state index is 13.1. The van der Waals surface area contributed by atoms with Gasteiger partial charge in [-0.1, -0.05) is 18.2 Å². The molecule has 0 aliphatic rings. The zero-order valence-corrected chi connectivity index (χ0v) is 17.6. The monoisotopic (exact) mass is 435 g/mol. The van der Waals surface area contributed by atoms with Crippen LogP contribution in [0.15, 0.2) is 71.6 Å². The van der Waals surface area contributed by atoms with Crippen LogP contribution >= 0.6 is 0 Å². The second-order valence-electron chi connectivity index (χ2n) is 6.96. The highest BCUT2D eigenvalue weighted by Gasteiger charge is 2.21. The lowest BCUT2D eigenvalue weighted by Crippen LogP contribution is -2.11. The van der Waals surface area contributed by atoms with E-state index in [0.717, 1.165) is 0 Å². The zero-order chi connectivity index (χ0) is 22.0. The minimum atomic E-state index is -3.71. The molecule has 9 heteroatoms. The second kappa shape index (κ2) is 8.11. The number of aromatic nitrogens is 2. The lowest BCUT2D eigenvalue weighted by atomic mass is 10.2. The van der Waals surface area contributed by atoms with Gasteiger partial charge in [0.05, 0.1) is 28.7 Å². The van der Waals surface area contributed by atoms with Crippen LogP contribution in [0.2, 0.25) is 0 Å². The number of hydrogen-bond acceptors (Lipinski definition) is 8. The van der Waals surface area contributed by atoms with Gasteiger partial charge in [-0.15, -0.1) is 0 Å². The molecule has 8 nitrogen and oxygen atoms in total. The Morgan fingerprint density at radius 1 is 0.903 bits per heavy atom. The molecule has 5 N–H and O–H groups in total. The maximum Gasteiger partial charge on any atom is 0.184 e. The number of nitrogens with two attached hydrogens (primary N) is 2. The quantitative estimate of drug-likeness (QED) is 0.392. The number of para-hydroxylation sites is 2. The molecular weight excluding hydrogens is 414 g/mol. The standard InChI is InChI=1S/C22H21N5O3S/c1-30-17-10-15(24)9-16(12-17)25-22-21(26-19-7-2-3-8-20(19)27-22)13-31(28,29)18-6-4-5-14(23)11-18/h2-12H,13,23-24H2,1H3,(H,25,27). The fourth-order valence-electron chi connectivity index (χ4n) is 3.16. The number of methoxy groups -OCH3 is 1. The van der Waals surface area contributed by atoms with Gasteiger partial charge in [-0.25, -0.2) is 18.4 Å². The number of nitrogens with one attached hydrogen (secondary N) is 1. The molecule has 0 bridgehead atoms. The molecule has 4 rings (SSSR count). The van der Waals surface area contributed by atoms with Crippen molar-refractivity contribution < 1.29 is 13.2 Å². The SMILES string of the molecule is COc1cc(N)cc(Nc2nc3ccccc3nc2CS(=O)(=O)c2cccc(N)c2)c1. The largest absolute Gasteiger partial charge is 0.497 e. The first-order valence-electron chi connectivity index (χ1n) is 9.39. The van der Waals surface area contributed by atoms with Crippen LogP contribution in [0, 0.1) is 0 Å². The minimum absolute atomic E-state index is 0.124. The van der Waals surface area contributed by atoms with E-state index in [1.165, 1.54) is 19.2 Å². The molecule has 0 saturated carbocycles. The van der Waals surface area contributed by atoms with Gasteiger partial charge < -0.3 is 21.5 Å². The Kier molecular flexibility index (Phi) is 5.35. The van der Waals surface area contributed by atoms with Gasteiger partial charge in [0.15, 0.2) is 15.7 Å². The van der Waals surface area contributed by atoms with Crippen molar-refractivity contribution in [3.8, 4) is 5.75 Å². The molecule has 0 unspecified atom stereocenters. The predicted molar refractivity (Wildman–Crippen MR) is 122 cm³/mol. The minimum Gasteiger partial charge on any atom is -0.497 e. The van der Waals surface area contributed by atoms with Gasteiger partial charge in [-0.2, -0.15) is 0 Å². The van der Waals surface area contributed by atoms with Crippen molar-refractivity contribution in [3.05, 3.63) is 72.4 Å². The average Bonchev–Trinajstić information content (AvgIpc) is 2.73. The molecule has 0 atom stereocenters. The summed E-state index contributed by atoms with van der Waals surface area (Å²) < 4.78 is 31.4. The van der Waals surface area contributed by atoms with Gasteiger partial charge in [-0.05, 0) is 36.4 Å². The van der Waals surface area contributed by atoms with E-state index in [1.54, 1.807) is 36.4 Å². The smallest absolute Gasteiger partial charge is 0.184 e. The van der Waals surface area contributed by atoms with Crippen LogP contribution in [0.4, 0.5) is 22.9 Å². The third-order valence-corrected chi connectivity index (χ3v) is 6.24. The van der Waals surface area contributed by atoms with Gasteiger partial charge in [0.2, 0.25) is 0 Å². The number of nitrogen functional groups attached to an aromatic ring is 2. The van der Waals surface area contributed by atoms with Crippen molar-refractivity contribution in [2.75, 3.05) is 23.9 Å². The van der Waals surface area contributed by atoms with E-state index in [9.17, 15) is 8.42 Å². The average molecular weight is 436 g/mol. The van der Waals surface area contributed by atoms with E-state index in [0.29, 0.717) is 39.7 Å². The van der Waals surface area contributed by atoms with E-state index < -0.39 is 9.84 Å². The van der Waals surface area contributed by atoms with Crippen molar-refractivity contribution in [1.82, 2.24) is 9.97 Å². The molecule has 3 aromatic carbocycles. The zero-order valence-electron chi connectivity index (χ0n) is 16.7. The summed E-state index contributed by atoms with van der Waals surface area (Å²) in [5.74, 6) is 0.528. The Bertz CT molecular complexity index is 1370. The van der Waals surface area contributed by atoms with Crippen LogP contribution in [0.25, 0.3) is 11.0 Å². The molecule has 158 valence electrons. The van der Waals surface area contributed by atoms with Crippen LogP contribution < -0.4 is 21.5 Å². The van der Waals surface area contributed by atoms with Crippen LogP contribution in [0.3, 0.4) is 0 Å². The maximum atomic E-state index is 13.1. The normalized spacial score (nSPS) is 11.4. The number of rotatable bonds is 6. The third kappa shape index (κ3) is 4.51. The fourth-order valence-corrected chi connectivity index (χ4v) is 4.49. The molecule has 0 radical (unpaired) electrons. The number of hydrogen-bond donors (Lipinski definition) is 3. The number of sulfone groups is 1. The van der Waals surface area contributed by atoms with Gasteiger partial charge in [0, 0.05) is 29.2 Å². The molecule has 31 heavy (non-hydrogen) atoms. The Morgan fingerprint density at radius 2 is 1.65 bits per heavy atom. The summed E-state index contributed by atoms with van der Waals surface area (Å²) in [6, 6.07) is 18.6. The molecular formula is C22H21N5O3S. The Hall–Kier alpha value is -3.85. The second-order valence-corrected chi connectivity index (χ2v) is 8.95. The third-order valence-electron chi connectivity index (χ3n) is 4.61. The lowest BCUT2D eigenvalue weighted by Gasteiger charge is -2.14. The van der Waals surface area contributed by atoms with Crippen molar-refractivity contribution >= 4 is 43.8 Å². The summed E-state index contributed by atoms with van der Waals surface area (Å²) in [5.41, 5.74) is 14.7.